The van der Waals surface area contributed by atoms with E-state index >= 15 is 0 Å². The number of aliphatic hydroxyl groups excluding tert-OH is 1. The number of carbonyl (C=O) groups excluding carboxylic acids is 2. The summed E-state index contributed by atoms with van der Waals surface area (Å²) in [6.07, 6.45) is 8.84. The number of benzene rings is 1. The highest BCUT2D eigenvalue weighted by molar-refractivity contribution is 6.00. The van der Waals surface area contributed by atoms with Crippen molar-refractivity contribution in [1.29, 1.82) is 0 Å². The smallest absolute Gasteiger partial charge is 0.254 e. The fourth-order valence-corrected chi connectivity index (χ4v) is 8.60. The molecule has 1 aromatic carbocycles. The first kappa shape index (κ1) is 21.0. The van der Waals surface area contributed by atoms with Gasteiger partial charge >= 0.3 is 0 Å². The summed E-state index contributed by atoms with van der Waals surface area (Å²) in [6, 6.07) is 5.42. The maximum Gasteiger partial charge on any atom is 0.254 e. The highest BCUT2D eigenvalue weighted by Crippen LogP contribution is 2.70. The molecule has 4 aliphatic carbocycles. The third-order valence-electron chi connectivity index (χ3n) is 8.62. The van der Waals surface area contributed by atoms with Gasteiger partial charge in [0.2, 0.25) is 5.91 Å². The lowest BCUT2D eigenvalue weighted by Crippen LogP contribution is -2.55. The quantitative estimate of drug-likeness (QED) is 0.736. The summed E-state index contributed by atoms with van der Waals surface area (Å²) in [7, 11) is 0. The van der Waals surface area contributed by atoms with Crippen LogP contribution in [0.25, 0.3) is 0 Å². The lowest BCUT2D eigenvalue weighted by atomic mass is 9.40. The highest BCUT2D eigenvalue weighted by Gasteiger charge is 2.60. The van der Waals surface area contributed by atoms with E-state index in [0.29, 0.717) is 35.8 Å². The number of amides is 2. The minimum absolute atomic E-state index is 0.0432. The first-order chi connectivity index (χ1) is 14.6. The predicted octanol–water partition coefficient (Wildman–Crippen LogP) is 4.39. The minimum Gasteiger partial charge on any atom is -0.394 e. The van der Waals surface area contributed by atoms with E-state index in [9.17, 15) is 14.7 Å². The van der Waals surface area contributed by atoms with Crippen molar-refractivity contribution >= 4 is 17.5 Å². The molecule has 5 nitrogen and oxygen atoms in total. The molecule has 4 bridgehead atoms. The standard InChI is InChI=1S/C26H36N2O3/c1-17(13-29)28-8-7-19-20(23(28)31)5-4-6-21(19)27-22(30)12-26-11-18-9-24(2,15-26)14-25(3,10-18)16-26/h4-6,17-18,29H,7-16H2,1-3H3,(H,27,30)/t17-,18?,24?,25?,26?/m1/s1. The van der Waals surface area contributed by atoms with Gasteiger partial charge in [0.25, 0.3) is 5.91 Å². The number of nitrogens with one attached hydrogen (secondary N) is 1. The van der Waals surface area contributed by atoms with E-state index in [4.69, 9.17) is 0 Å². The maximum atomic E-state index is 13.3. The Morgan fingerprint density at radius 1 is 1.19 bits per heavy atom. The van der Waals surface area contributed by atoms with Crippen molar-refractivity contribution in [3.8, 4) is 0 Å². The Bertz CT molecular complexity index is 907. The molecule has 2 N–H and O–H groups in total. The molecule has 31 heavy (non-hydrogen) atoms. The van der Waals surface area contributed by atoms with Crippen LogP contribution in [-0.4, -0.2) is 41.0 Å². The van der Waals surface area contributed by atoms with Gasteiger partial charge in [-0.1, -0.05) is 19.9 Å². The van der Waals surface area contributed by atoms with Crippen molar-refractivity contribution in [2.75, 3.05) is 18.5 Å². The van der Waals surface area contributed by atoms with Crippen LogP contribution in [0.1, 0.15) is 81.6 Å². The van der Waals surface area contributed by atoms with Gasteiger partial charge in [0.05, 0.1) is 12.6 Å². The second-order valence-corrected chi connectivity index (χ2v) is 12.0. The number of carbonyl (C=O) groups is 2. The minimum atomic E-state index is -0.197. The first-order valence-corrected chi connectivity index (χ1v) is 12.0. The van der Waals surface area contributed by atoms with Crippen LogP contribution in [0, 0.1) is 22.2 Å². The van der Waals surface area contributed by atoms with E-state index in [1.54, 1.807) is 4.90 Å². The average Bonchev–Trinajstić information content (AvgIpc) is 2.65. The second-order valence-electron chi connectivity index (χ2n) is 12.0. The second kappa shape index (κ2) is 7.06. The summed E-state index contributed by atoms with van der Waals surface area (Å²) in [5, 5.41) is 12.6. The number of hydrogen-bond acceptors (Lipinski definition) is 3. The van der Waals surface area contributed by atoms with Gasteiger partial charge in [-0.3, -0.25) is 9.59 Å². The third-order valence-corrected chi connectivity index (χ3v) is 8.62. The number of fused-ring (bicyclic) bond motifs is 1. The number of rotatable bonds is 5. The van der Waals surface area contributed by atoms with Crippen LogP contribution < -0.4 is 5.32 Å². The molecule has 0 radical (unpaired) electrons. The number of hydrogen-bond donors (Lipinski definition) is 2. The zero-order chi connectivity index (χ0) is 22.0. The summed E-state index contributed by atoms with van der Waals surface area (Å²) in [6.45, 7) is 7.28. The van der Waals surface area contributed by atoms with E-state index in [2.05, 4.69) is 19.2 Å². The van der Waals surface area contributed by atoms with Crippen molar-refractivity contribution in [2.45, 2.75) is 78.2 Å². The summed E-state index contributed by atoms with van der Waals surface area (Å²) in [4.78, 5) is 27.9. The fourth-order valence-electron chi connectivity index (χ4n) is 8.60. The van der Waals surface area contributed by atoms with Gasteiger partial charge in [0, 0.05) is 24.2 Å². The highest BCUT2D eigenvalue weighted by atomic mass is 16.3. The van der Waals surface area contributed by atoms with Crippen LogP contribution in [0.4, 0.5) is 5.69 Å². The lowest BCUT2D eigenvalue weighted by Gasteiger charge is -2.65. The molecule has 6 rings (SSSR count). The SMILES string of the molecule is C[C@H](CO)N1CCc2c(NC(=O)CC34CC5CC(C)(CC(C)(C5)C3)C4)cccc2C1=O. The van der Waals surface area contributed by atoms with E-state index < -0.39 is 0 Å². The van der Waals surface area contributed by atoms with Gasteiger partial charge in [-0.2, -0.15) is 0 Å². The summed E-state index contributed by atoms with van der Waals surface area (Å²) < 4.78 is 0. The molecule has 168 valence electrons. The van der Waals surface area contributed by atoms with Crippen LogP contribution in [0.2, 0.25) is 0 Å². The van der Waals surface area contributed by atoms with Crippen molar-refractivity contribution in [3.05, 3.63) is 29.3 Å². The van der Waals surface area contributed by atoms with E-state index in [0.717, 1.165) is 17.2 Å². The molecule has 0 spiro atoms. The summed E-state index contributed by atoms with van der Waals surface area (Å²) in [5.74, 6) is 0.822. The summed E-state index contributed by atoms with van der Waals surface area (Å²) >= 11 is 0. The molecule has 5 aliphatic rings. The zero-order valence-corrected chi connectivity index (χ0v) is 19.2. The van der Waals surface area contributed by atoms with Gasteiger partial charge in [0.1, 0.15) is 0 Å². The van der Waals surface area contributed by atoms with E-state index in [1.807, 2.05) is 25.1 Å². The van der Waals surface area contributed by atoms with E-state index in [-0.39, 0.29) is 29.9 Å². The van der Waals surface area contributed by atoms with Crippen LogP contribution >= 0.6 is 0 Å². The molecular formula is C26H36N2O3. The molecule has 2 amide bonds. The van der Waals surface area contributed by atoms with Gasteiger partial charge in [-0.05, 0) is 91.7 Å². The number of nitrogens with zero attached hydrogens (tertiary/aromatic N) is 1. The molecular weight excluding hydrogens is 388 g/mol. The van der Waals surface area contributed by atoms with Gasteiger partial charge in [-0.15, -0.1) is 0 Å². The van der Waals surface area contributed by atoms with Crippen molar-refractivity contribution in [2.24, 2.45) is 22.2 Å². The molecule has 0 aromatic heterocycles. The average molecular weight is 425 g/mol. The van der Waals surface area contributed by atoms with Crippen LogP contribution in [0.15, 0.2) is 18.2 Å². The monoisotopic (exact) mass is 424 g/mol. The van der Waals surface area contributed by atoms with Gasteiger partial charge < -0.3 is 15.3 Å². The maximum absolute atomic E-state index is 13.3. The van der Waals surface area contributed by atoms with Crippen LogP contribution in [-0.2, 0) is 11.2 Å². The number of anilines is 1. The first-order valence-electron chi connectivity index (χ1n) is 12.0. The van der Waals surface area contributed by atoms with Crippen molar-refractivity contribution in [1.82, 2.24) is 4.90 Å². The Morgan fingerprint density at radius 3 is 2.55 bits per heavy atom. The Labute approximate surface area is 185 Å². The third kappa shape index (κ3) is 3.59. The Balaban J connectivity index is 1.34. The van der Waals surface area contributed by atoms with Crippen LogP contribution in [0.3, 0.4) is 0 Å². The lowest BCUT2D eigenvalue weighted by molar-refractivity contribution is -0.153. The van der Waals surface area contributed by atoms with E-state index in [1.165, 1.54) is 38.5 Å². The molecule has 1 heterocycles. The van der Waals surface area contributed by atoms with Crippen molar-refractivity contribution < 1.29 is 14.7 Å². The number of aliphatic hydroxyl groups is 1. The molecule has 3 atom stereocenters. The topological polar surface area (TPSA) is 69.6 Å². The van der Waals surface area contributed by atoms with Gasteiger partial charge in [0.15, 0.2) is 0 Å². The fraction of sp³-hybridized carbons (Fsp3) is 0.692. The predicted molar refractivity (Wildman–Crippen MR) is 121 cm³/mol. The van der Waals surface area contributed by atoms with Gasteiger partial charge in [-0.25, -0.2) is 0 Å². The summed E-state index contributed by atoms with van der Waals surface area (Å²) in [5.41, 5.74) is 3.32. The molecule has 1 aliphatic heterocycles. The van der Waals surface area contributed by atoms with Crippen molar-refractivity contribution in [3.63, 3.8) is 0 Å². The Hall–Kier alpha value is -1.88. The largest absolute Gasteiger partial charge is 0.394 e. The molecule has 4 fully saturated rings. The zero-order valence-electron chi connectivity index (χ0n) is 19.2. The normalized spacial score (nSPS) is 37.0. The molecule has 1 aromatic rings. The van der Waals surface area contributed by atoms with Crippen LogP contribution in [0.5, 0.6) is 0 Å². The Morgan fingerprint density at radius 2 is 1.90 bits per heavy atom. The Kier molecular flexibility index (Phi) is 4.78. The molecule has 0 saturated heterocycles. The molecule has 5 heteroatoms. The molecule has 2 unspecified atom stereocenters. The molecule has 4 saturated carbocycles.